The molecule has 0 fully saturated rings. The third kappa shape index (κ3) is 2.54. The molecule has 1 heterocycles. The number of rotatable bonds is 3. The maximum Gasteiger partial charge on any atom is 0.231 e. The van der Waals surface area contributed by atoms with Gasteiger partial charge in [-0.05, 0) is 30.7 Å². The Morgan fingerprint density at radius 2 is 2.00 bits per heavy atom. The quantitative estimate of drug-likeness (QED) is 0.849. The fourth-order valence-electron chi connectivity index (χ4n) is 2.24. The first kappa shape index (κ1) is 14.1. The van der Waals surface area contributed by atoms with Crippen LogP contribution in [0.2, 0.25) is 0 Å². The maximum absolute atomic E-state index is 11.8. The van der Waals surface area contributed by atoms with Gasteiger partial charge in [0.1, 0.15) is 23.9 Å². The predicted molar refractivity (Wildman–Crippen MR) is 75.7 cm³/mol. The van der Waals surface area contributed by atoms with Crippen LogP contribution in [0.4, 0.5) is 11.4 Å². The van der Waals surface area contributed by atoms with Crippen LogP contribution in [0.15, 0.2) is 29.5 Å². The van der Waals surface area contributed by atoms with Crippen LogP contribution in [0.3, 0.4) is 0 Å². The number of nitrogens with zero attached hydrogens (tertiary/aromatic N) is 4. The lowest BCUT2D eigenvalue weighted by molar-refractivity contribution is -0.117. The molecular formula is C15H11N5O. The van der Waals surface area contributed by atoms with Crippen molar-refractivity contribution in [3.05, 3.63) is 35.0 Å². The van der Waals surface area contributed by atoms with Crippen molar-refractivity contribution in [3.63, 3.8) is 0 Å². The fraction of sp³-hybridized carbons (Fsp3) is 0.200. The average Bonchev–Trinajstić information content (AvgIpc) is 2.81. The van der Waals surface area contributed by atoms with Crippen molar-refractivity contribution in [1.82, 2.24) is 0 Å². The minimum absolute atomic E-state index is 0.0374. The van der Waals surface area contributed by atoms with E-state index < -0.39 is 0 Å². The highest BCUT2D eigenvalue weighted by Gasteiger charge is 2.25. The van der Waals surface area contributed by atoms with Crippen LogP contribution in [-0.4, -0.2) is 12.5 Å². The topological polar surface area (TPSA) is 104 Å². The summed E-state index contributed by atoms with van der Waals surface area (Å²) >= 11 is 0. The summed E-state index contributed by atoms with van der Waals surface area (Å²) < 4.78 is 0. The zero-order valence-electron chi connectivity index (χ0n) is 11.3. The van der Waals surface area contributed by atoms with Gasteiger partial charge in [-0.25, -0.2) is 0 Å². The molecule has 0 atom stereocenters. The van der Waals surface area contributed by atoms with Gasteiger partial charge in [-0.15, -0.1) is 0 Å². The Labute approximate surface area is 122 Å². The Balaban J connectivity index is 2.35. The van der Waals surface area contributed by atoms with Gasteiger partial charge in [-0.2, -0.15) is 15.8 Å². The van der Waals surface area contributed by atoms with Crippen LogP contribution in [-0.2, 0) is 11.2 Å². The molecule has 1 aliphatic heterocycles. The van der Waals surface area contributed by atoms with Crippen molar-refractivity contribution < 1.29 is 4.79 Å². The van der Waals surface area contributed by atoms with Crippen LogP contribution in [0, 0.1) is 34.0 Å². The third-order valence-electron chi connectivity index (χ3n) is 3.18. The van der Waals surface area contributed by atoms with Crippen molar-refractivity contribution in [3.8, 4) is 18.2 Å². The first-order valence-electron chi connectivity index (χ1n) is 6.29. The van der Waals surface area contributed by atoms with Crippen LogP contribution in [0.5, 0.6) is 0 Å². The standard InChI is InChI=1S/C15H11N5O/c1-2-20-14-4-3-12(5-10(14)6-15(20)21)19-13(9-18)11(7-16)8-17/h3-5,19H,2,6H2,1H3. The summed E-state index contributed by atoms with van der Waals surface area (Å²) in [5.74, 6) is 0.0374. The molecule has 0 radical (unpaired) electrons. The van der Waals surface area contributed by atoms with Crippen LogP contribution in [0.25, 0.3) is 0 Å². The molecule has 0 unspecified atom stereocenters. The zero-order valence-corrected chi connectivity index (χ0v) is 11.3. The van der Waals surface area contributed by atoms with Gasteiger partial charge in [0, 0.05) is 17.9 Å². The first-order valence-corrected chi connectivity index (χ1v) is 6.29. The normalized spacial score (nSPS) is 11.9. The third-order valence-corrected chi connectivity index (χ3v) is 3.18. The van der Waals surface area contributed by atoms with Gasteiger partial charge in [0.05, 0.1) is 6.42 Å². The molecule has 0 spiro atoms. The number of hydrogen-bond acceptors (Lipinski definition) is 5. The summed E-state index contributed by atoms with van der Waals surface area (Å²) in [6, 6.07) is 10.4. The average molecular weight is 277 g/mol. The summed E-state index contributed by atoms with van der Waals surface area (Å²) in [5, 5.41) is 29.3. The smallest absolute Gasteiger partial charge is 0.231 e. The lowest BCUT2D eigenvalue weighted by Gasteiger charge is -2.15. The van der Waals surface area contributed by atoms with E-state index in [9.17, 15) is 4.79 Å². The summed E-state index contributed by atoms with van der Waals surface area (Å²) in [4.78, 5) is 13.5. The molecule has 6 heteroatoms. The predicted octanol–water partition coefficient (Wildman–Crippen LogP) is 1.83. The Morgan fingerprint density at radius 3 is 2.57 bits per heavy atom. The van der Waals surface area contributed by atoms with E-state index in [0.717, 1.165) is 11.3 Å². The number of nitrogens with one attached hydrogen (secondary N) is 1. The number of carbonyl (C=O) groups is 1. The molecule has 1 aromatic rings. The lowest BCUT2D eigenvalue weighted by atomic mass is 10.1. The molecule has 0 aliphatic carbocycles. The second kappa shape index (κ2) is 5.77. The molecule has 2 rings (SSSR count). The molecule has 1 aromatic carbocycles. The highest BCUT2D eigenvalue weighted by atomic mass is 16.2. The number of benzene rings is 1. The van der Waals surface area contributed by atoms with E-state index in [4.69, 9.17) is 15.8 Å². The van der Waals surface area contributed by atoms with Crippen molar-refractivity contribution in [2.24, 2.45) is 0 Å². The lowest BCUT2D eigenvalue weighted by Crippen LogP contribution is -2.25. The van der Waals surface area contributed by atoms with E-state index in [1.165, 1.54) is 0 Å². The van der Waals surface area contributed by atoms with E-state index in [2.05, 4.69) is 5.32 Å². The van der Waals surface area contributed by atoms with Gasteiger partial charge in [0.15, 0.2) is 5.57 Å². The number of likely N-dealkylation sites (N-methyl/N-ethyl adjacent to an activating group) is 1. The molecule has 0 aromatic heterocycles. The molecule has 1 amide bonds. The SMILES string of the molecule is CCN1C(=O)Cc2cc(NC(C#N)=C(C#N)C#N)ccc21. The molecule has 102 valence electrons. The van der Waals surface area contributed by atoms with Gasteiger partial charge in [-0.3, -0.25) is 4.79 Å². The van der Waals surface area contributed by atoms with Gasteiger partial charge in [0.2, 0.25) is 5.91 Å². The van der Waals surface area contributed by atoms with Crippen molar-refractivity contribution in [2.45, 2.75) is 13.3 Å². The number of nitriles is 3. The number of allylic oxidation sites excluding steroid dienone is 2. The summed E-state index contributed by atoms with van der Waals surface area (Å²) in [6.07, 6.45) is 0.313. The monoisotopic (exact) mass is 277 g/mol. The first-order chi connectivity index (χ1) is 10.1. The number of fused-ring (bicyclic) bond motifs is 1. The summed E-state index contributed by atoms with van der Waals surface area (Å²) in [6.45, 7) is 2.51. The molecule has 0 bridgehead atoms. The van der Waals surface area contributed by atoms with Crippen LogP contribution in [0.1, 0.15) is 12.5 Å². The highest BCUT2D eigenvalue weighted by Crippen LogP contribution is 2.31. The Hall–Kier alpha value is -3.30. The Morgan fingerprint density at radius 1 is 1.29 bits per heavy atom. The molecule has 6 nitrogen and oxygen atoms in total. The van der Waals surface area contributed by atoms with E-state index >= 15 is 0 Å². The fourth-order valence-corrected chi connectivity index (χ4v) is 2.24. The molecule has 21 heavy (non-hydrogen) atoms. The van der Waals surface area contributed by atoms with E-state index in [1.807, 2.05) is 6.92 Å². The molecule has 1 N–H and O–H groups in total. The van der Waals surface area contributed by atoms with E-state index in [0.29, 0.717) is 18.7 Å². The minimum Gasteiger partial charge on any atom is -0.345 e. The van der Waals surface area contributed by atoms with Crippen molar-refractivity contribution in [1.29, 1.82) is 15.8 Å². The van der Waals surface area contributed by atoms with Gasteiger partial charge >= 0.3 is 0 Å². The second-order valence-electron chi connectivity index (χ2n) is 4.37. The molecule has 0 saturated carbocycles. The van der Waals surface area contributed by atoms with Gasteiger partial charge < -0.3 is 10.2 Å². The molecule has 0 saturated heterocycles. The maximum atomic E-state index is 11.8. The summed E-state index contributed by atoms with van der Waals surface area (Å²) in [5.41, 5.74) is 1.91. The van der Waals surface area contributed by atoms with Crippen LogP contribution >= 0.6 is 0 Å². The molecular weight excluding hydrogens is 266 g/mol. The number of hydrogen-bond donors (Lipinski definition) is 1. The Bertz CT molecular complexity index is 742. The Kier molecular flexibility index (Phi) is 3.88. The number of anilines is 2. The number of amides is 1. The minimum atomic E-state index is -0.274. The number of carbonyl (C=O) groups excluding carboxylic acids is 1. The second-order valence-corrected chi connectivity index (χ2v) is 4.37. The largest absolute Gasteiger partial charge is 0.345 e. The molecule has 1 aliphatic rings. The van der Waals surface area contributed by atoms with E-state index in [-0.39, 0.29) is 17.2 Å². The summed E-state index contributed by atoms with van der Waals surface area (Å²) in [7, 11) is 0. The van der Waals surface area contributed by atoms with Gasteiger partial charge in [-0.1, -0.05) is 0 Å². The highest BCUT2D eigenvalue weighted by molar-refractivity contribution is 6.01. The van der Waals surface area contributed by atoms with E-state index in [1.54, 1.807) is 41.3 Å². The van der Waals surface area contributed by atoms with Crippen LogP contribution < -0.4 is 10.2 Å². The van der Waals surface area contributed by atoms with Crippen molar-refractivity contribution >= 4 is 17.3 Å². The van der Waals surface area contributed by atoms with Gasteiger partial charge in [0.25, 0.3) is 0 Å². The zero-order chi connectivity index (χ0) is 15.4. The van der Waals surface area contributed by atoms with Crippen molar-refractivity contribution in [2.75, 3.05) is 16.8 Å².